The van der Waals surface area contributed by atoms with E-state index < -0.39 is 0 Å². The molecule has 3 nitrogen and oxygen atoms in total. The number of likely N-dealkylation sites (tertiary alicyclic amines) is 1. The summed E-state index contributed by atoms with van der Waals surface area (Å²) in [6.45, 7) is 10.4. The van der Waals surface area contributed by atoms with Crippen molar-refractivity contribution in [3.05, 3.63) is 0 Å². The van der Waals surface area contributed by atoms with Crippen LogP contribution in [0.5, 0.6) is 0 Å². The molecule has 2 aliphatic rings. The molecule has 2 atom stereocenters. The molecule has 102 valence electrons. The summed E-state index contributed by atoms with van der Waals surface area (Å²) >= 11 is 5.43. The number of carbonyl (C=O) groups is 1. The third-order valence-corrected chi connectivity index (χ3v) is 4.89. The number of thiocarbonyl (C=S) groups is 1. The second-order valence-electron chi connectivity index (χ2n) is 6.87. The van der Waals surface area contributed by atoms with Gasteiger partial charge in [0.05, 0.1) is 11.4 Å². The molecule has 2 heterocycles. The molecule has 4 heteroatoms. The van der Waals surface area contributed by atoms with Crippen LogP contribution < -0.4 is 5.32 Å². The van der Waals surface area contributed by atoms with Gasteiger partial charge in [-0.2, -0.15) is 0 Å². The lowest BCUT2D eigenvalue weighted by atomic mass is 9.72. The monoisotopic (exact) mass is 268 g/mol. The van der Waals surface area contributed by atoms with E-state index in [-0.39, 0.29) is 16.7 Å². The Labute approximate surface area is 115 Å². The number of hydrogen-bond acceptors (Lipinski definition) is 3. The number of fused-ring (bicyclic) bond motifs is 2. The van der Waals surface area contributed by atoms with Gasteiger partial charge in [0.15, 0.2) is 0 Å². The standard InChI is InChI=1S/C14H24N2OS/c1-10(17)7-12(18)16-8-11-5-6-14(9-16,15-11)13(2,3)4/h11,15H,5-9H2,1-4H3. The summed E-state index contributed by atoms with van der Waals surface area (Å²) in [5.74, 6) is 0.163. The van der Waals surface area contributed by atoms with E-state index in [1.807, 2.05) is 0 Å². The van der Waals surface area contributed by atoms with Gasteiger partial charge in [-0.25, -0.2) is 0 Å². The molecule has 2 fully saturated rings. The fourth-order valence-electron chi connectivity index (χ4n) is 3.22. The third kappa shape index (κ3) is 2.45. The number of hydrogen-bond donors (Lipinski definition) is 1. The molecular weight excluding hydrogens is 244 g/mol. The number of rotatable bonds is 2. The van der Waals surface area contributed by atoms with Crippen molar-refractivity contribution in [3.8, 4) is 0 Å². The van der Waals surface area contributed by atoms with Crippen LogP contribution in [0.3, 0.4) is 0 Å². The van der Waals surface area contributed by atoms with Crippen LogP contribution in [0.15, 0.2) is 0 Å². The Balaban J connectivity index is 2.14. The Hall–Kier alpha value is -0.480. The minimum atomic E-state index is 0.150. The van der Waals surface area contributed by atoms with Gasteiger partial charge in [0, 0.05) is 24.7 Å². The second-order valence-corrected chi connectivity index (χ2v) is 7.34. The first-order valence-corrected chi connectivity index (χ1v) is 7.19. The van der Waals surface area contributed by atoms with E-state index in [1.165, 1.54) is 12.8 Å². The van der Waals surface area contributed by atoms with Crippen LogP contribution in [0.25, 0.3) is 0 Å². The first kappa shape index (κ1) is 13.9. The average molecular weight is 268 g/mol. The van der Waals surface area contributed by atoms with Crippen molar-refractivity contribution in [2.24, 2.45) is 5.41 Å². The molecule has 0 aromatic heterocycles. The number of nitrogens with one attached hydrogen (secondary N) is 1. The number of carbonyl (C=O) groups excluding carboxylic acids is 1. The predicted molar refractivity (Wildman–Crippen MR) is 77.8 cm³/mol. The molecule has 0 aliphatic carbocycles. The van der Waals surface area contributed by atoms with Gasteiger partial charge in [0.2, 0.25) is 0 Å². The molecule has 0 spiro atoms. The molecular formula is C14H24N2OS. The fourth-order valence-corrected chi connectivity index (χ4v) is 3.56. The summed E-state index contributed by atoms with van der Waals surface area (Å²) in [7, 11) is 0. The molecule has 1 N–H and O–H groups in total. The molecule has 0 aromatic rings. The number of Topliss-reactive ketones (excluding diaryl/α,β-unsaturated/α-hetero) is 1. The topological polar surface area (TPSA) is 32.3 Å². The highest BCUT2D eigenvalue weighted by Gasteiger charge is 2.51. The maximum atomic E-state index is 11.2. The van der Waals surface area contributed by atoms with Crippen LogP contribution >= 0.6 is 12.2 Å². The van der Waals surface area contributed by atoms with E-state index in [4.69, 9.17) is 12.2 Å². The zero-order chi connectivity index (χ0) is 13.6. The molecule has 18 heavy (non-hydrogen) atoms. The molecule has 0 aromatic carbocycles. The van der Waals surface area contributed by atoms with E-state index >= 15 is 0 Å². The lowest BCUT2D eigenvalue weighted by Crippen LogP contribution is -2.65. The lowest BCUT2D eigenvalue weighted by molar-refractivity contribution is -0.116. The van der Waals surface area contributed by atoms with Gasteiger partial charge in [-0.3, -0.25) is 4.79 Å². The molecule has 0 amide bonds. The van der Waals surface area contributed by atoms with Crippen molar-refractivity contribution in [1.29, 1.82) is 0 Å². The van der Waals surface area contributed by atoms with Gasteiger partial charge in [-0.15, -0.1) is 0 Å². The summed E-state index contributed by atoms with van der Waals surface area (Å²) in [5, 5.41) is 3.80. The Morgan fingerprint density at radius 3 is 2.72 bits per heavy atom. The highest BCUT2D eigenvalue weighted by Crippen LogP contribution is 2.42. The van der Waals surface area contributed by atoms with Gasteiger partial charge < -0.3 is 10.2 Å². The average Bonchev–Trinajstić information content (AvgIpc) is 2.53. The Bertz CT molecular complexity index is 374. The zero-order valence-corrected chi connectivity index (χ0v) is 12.7. The minimum Gasteiger partial charge on any atom is -0.362 e. The van der Waals surface area contributed by atoms with Gasteiger partial charge in [0.25, 0.3) is 0 Å². The summed E-state index contributed by atoms with van der Waals surface area (Å²) in [6, 6.07) is 0.530. The van der Waals surface area contributed by atoms with E-state index in [1.54, 1.807) is 6.92 Å². The Morgan fingerprint density at radius 1 is 1.50 bits per heavy atom. The van der Waals surface area contributed by atoms with Crippen molar-refractivity contribution in [1.82, 2.24) is 10.2 Å². The van der Waals surface area contributed by atoms with Gasteiger partial charge in [-0.1, -0.05) is 33.0 Å². The number of piperazine rings is 1. The predicted octanol–water partition coefficient (Wildman–Crippen LogP) is 2.15. The molecule has 2 rings (SSSR count). The minimum absolute atomic E-state index is 0.150. The normalized spacial score (nSPS) is 31.6. The third-order valence-electron chi connectivity index (χ3n) is 4.49. The van der Waals surface area contributed by atoms with E-state index in [9.17, 15) is 4.79 Å². The molecule has 2 bridgehead atoms. The van der Waals surface area contributed by atoms with Crippen molar-refractivity contribution >= 4 is 23.0 Å². The Kier molecular flexibility index (Phi) is 3.54. The first-order chi connectivity index (χ1) is 8.23. The molecule has 0 radical (unpaired) electrons. The van der Waals surface area contributed by atoms with E-state index in [2.05, 4.69) is 31.0 Å². The van der Waals surface area contributed by atoms with E-state index in [0.717, 1.165) is 18.1 Å². The number of ketones is 1. The maximum absolute atomic E-state index is 11.2. The largest absolute Gasteiger partial charge is 0.362 e. The smallest absolute Gasteiger partial charge is 0.136 e. The highest BCUT2D eigenvalue weighted by molar-refractivity contribution is 7.80. The summed E-state index contributed by atoms with van der Waals surface area (Å²) in [4.78, 5) is 14.3. The second kappa shape index (κ2) is 4.57. The Morgan fingerprint density at radius 2 is 2.17 bits per heavy atom. The molecule has 2 saturated heterocycles. The van der Waals surface area contributed by atoms with E-state index in [0.29, 0.717) is 12.5 Å². The van der Waals surface area contributed by atoms with Gasteiger partial charge in [-0.05, 0) is 25.2 Å². The zero-order valence-electron chi connectivity index (χ0n) is 11.9. The van der Waals surface area contributed by atoms with Crippen molar-refractivity contribution in [3.63, 3.8) is 0 Å². The van der Waals surface area contributed by atoms with Gasteiger partial charge >= 0.3 is 0 Å². The first-order valence-electron chi connectivity index (χ1n) is 6.78. The summed E-state index contributed by atoms with van der Waals surface area (Å²) in [5.41, 5.74) is 0.364. The van der Waals surface area contributed by atoms with Crippen LogP contribution in [-0.4, -0.2) is 40.3 Å². The molecule has 2 aliphatic heterocycles. The van der Waals surface area contributed by atoms with Gasteiger partial charge in [0.1, 0.15) is 5.78 Å². The summed E-state index contributed by atoms with van der Waals surface area (Å²) < 4.78 is 0. The number of nitrogens with zero attached hydrogens (tertiary/aromatic N) is 1. The van der Waals surface area contributed by atoms with Crippen molar-refractivity contribution in [2.75, 3.05) is 13.1 Å². The maximum Gasteiger partial charge on any atom is 0.136 e. The van der Waals surface area contributed by atoms with Crippen LogP contribution in [0.4, 0.5) is 0 Å². The molecule has 0 saturated carbocycles. The molecule has 2 unspecified atom stereocenters. The highest BCUT2D eigenvalue weighted by atomic mass is 32.1. The lowest BCUT2D eigenvalue weighted by Gasteiger charge is -2.49. The van der Waals surface area contributed by atoms with Crippen molar-refractivity contribution in [2.45, 2.75) is 58.5 Å². The SMILES string of the molecule is CC(=O)CC(=S)N1CC2CCC(C(C)(C)C)(C1)N2. The van der Waals surface area contributed by atoms with Crippen LogP contribution in [0.1, 0.15) is 47.0 Å². The van der Waals surface area contributed by atoms with Crippen LogP contribution in [0.2, 0.25) is 0 Å². The van der Waals surface area contributed by atoms with Crippen molar-refractivity contribution < 1.29 is 4.79 Å². The fraction of sp³-hybridized carbons (Fsp3) is 0.857. The van der Waals surface area contributed by atoms with Crippen LogP contribution in [-0.2, 0) is 4.79 Å². The van der Waals surface area contributed by atoms with Crippen LogP contribution in [0, 0.1) is 5.41 Å². The quantitative estimate of drug-likeness (QED) is 0.778. The summed E-state index contributed by atoms with van der Waals surface area (Å²) in [6.07, 6.45) is 2.85.